The van der Waals surface area contributed by atoms with E-state index in [-0.39, 0.29) is 17.8 Å². The standard InChI is InChI=1S/C30H36F3N5O4/c1-29(2,3)41-28(40)37-12-10-21(11-13-37)22-6-9-24-25(18-22)35-26(34-24)27(39)42-38-16-14-36(15-17-38)19-20-4-7-23(8-5-20)30(31,32)33/h4-9,18,21H,10-17,19H2,1-3H3,(H,34,35). The molecule has 3 aromatic rings. The number of aromatic amines is 1. The number of halogens is 3. The molecule has 0 aliphatic carbocycles. The Labute approximate surface area is 242 Å². The van der Waals surface area contributed by atoms with Crippen LogP contribution >= 0.6 is 0 Å². The first-order valence-corrected chi connectivity index (χ1v) is 14.2. The van der Waals surface area contributed by atoms with E-state index in [1.54, 1.807) is 9.96 Å². The molecular weight excluding hydrogens is 551 g/mol. The smallest absolute Gasteiger partial charge is 0.416 e. The molecule has 0 spiro atoms. The van der Waals surface area contributed by atoms with Gasteiger partial charge in [0.2, 0.25) is 5.82 Å². The number of likely N-dealkylation sites (tertiary alicyclic amines) is 1. The molecule has 0 bridgehead atoms. The predicted octanol–water partition coefficient (Wildman–Crippen LogP) is 5.59. The summed E-state index contributed by atoms with van der Waals surface area (Å²) >= 11 is 0. The maximum absolute atomic E-state index is 12.8. The summed E-state index contributed by atoms with van der Waals surface area (Å²) in [5.74, 6) is -0.172. The molecule has 1 aromatic heterocycles. The van der Waals surface area contributed by atoms with E-state index >= 15 is 0 Å². The van der Waals surface area contributed by atoms with Gasteiger partial charge in [0.1, 0.15) is 5.60 Å². The average molecular weight is 588 g/mol. The van der Waals surface area contributed by atoms with Crippen LogP contribution in [0.4, 0.5) is 18.0 Å². The number of carbonyl (C=O) groups is 2. The summed E-state index contributed by atoms with van der Waals surface area (Å²) in [5.41, 5.74) is 2.15. The zero-order valence-electron chi connectivity index (χ0n) is 24.0. The minimum Gasteiger partial charge on any atom is -0.444 e. The van der Waals surface area contributed by atoms with Crippen LogP contribution in [0, 0.1) is 0 Å². The fourth-order valence-electron chi connectivity index (χ4n) is 5.30. The van der Waals surface area contributed by atoms with Crippen LogP contribution in [0.3, 0.4) is 0 Å². The lowest BCUT2D eigenvalue weighted by atomic mass is 9.89. The fourth-order valence-corrected chi connectivity index (χ4v) is 5.30. The highest BCUT2D eigenvalue weighted by Crippen LogP contribution is 2.31. The Morgan fingerprint density at radius 3 is 2.24 bits per heavy atom. The number of hydrogen-bond acceptors (Lipinski definition) is 7. The highest BCUT2D eigenvalue weighted by atomic mass is 19.4. The number of aromatic nitrogens is 2. The minimum atomic E-state index is -4.35. The van der Waals surface area contributed by atoms with Crippen molar-refractivity contribution in [3.05, 3.63) is 65.0 Å². The molecule has 42 heavy (non-hydrogen) atoms. The van der Waals surface area contributed by atoms with Gasteiger partial charge < -0.3 is 19.5 Å². The van der Waals surface area contributed by atoms with Crippen LogP contribution in [-0.4, -0.2) is 81.8 Å². The number of rotatable bonds is 5. The van der Waals surface area contributed by atoms with Gasteiger partial charge in [-0.1, -0.05) is 18.2 Å². The van der Waals surface area contributed by atoms with Crippen molar-refractivity contribution in [1.29, 1.82) is 0 Å². The number of imidazole rings is 1. The number of hydroxylamine groups is 2. The quantitative estimate of drug-likeness (QED) is 0.417. The van der Waals surface area contributed by atoms with E-state index in [9.17, 15) is 22.8 Å². The first kappa shape index (κ1) is 29.8. The maximum Gasteiger partial charge on any atom is 0.416 e. The summed E-state index contributed by atoms with van der Waals surface area (Å²) in [6, 6.07) is 11.1. The van der Waals surface area contributed by atoms with Gasteiger partial charge in [0.15, 0.2) is 0 Å². The normalized spacial score (nSPS) is 17.9. The van der Waals surface area contributed by atoms with Crippen molar-refractivity contribution in [2.24, 2.45) is 0 Å². The van der Waals surface area contributed by atoms with E-state index in [2.05, 4.69) is 14.9 Å². The van der Waals surface area contributed by atoms with E-state index in [1.807, 2.05) is 39.0 Å². The highest BCUT2D eigenvalue weighted by molar-refractivity contribution is 5.90. The lowest BCUT2D eigenvalue weighted by Crippen LogP contribution is -2.46. The highest BCUT2D eigenvalue weighted by Gasteiger charge is 2.31. The first-order chi connectivity index (χ1) is 19.8. The Morgan fingerprint density at radius 1 is 0.952 bits per heavy atom. The number of H-pyrrole nitrogens is 1. The van der Waals surface area contributed by atoms with Gasteiger partial charge in [-0.15, -0.1) is 5.06 Å². The topological polar surface area (TPSA) is 91.0 Å². The second-order valence-electron chi connectivity index (χ2n) is 11.9. The molecule has 1 N–H and O–H groups in total. The SMILES string of the molecule is CC(C)(C)OC(=O)N1CCC(c2ccc3nc(C(=O)ON4CCN(Cc5ccc(C(F)(F)F)cc5)CC4)[nH]c3c2)CC1. The summed E-state index contributed by atoms with van der Waals surface area (Å²) in [7, 11) is 0. The van der Waals surface area contributed by atoms with E-state index in [0.29, 0.717) is 51.3 Å². The van der Waals surface area contributed by atoms with E-state index in [1.165, 1.54) is 12.1 Å². The van der Waals surface area contributed by atoms with Crippen LogP contribution in [0.1, 0.15) is 66.8 Å². The largest absolute Gasteiger partial charge is 0.444 e. The number of benzene rings is 2. The van der Waals surface area contributed by atoms with E-state index in [4.69, 9.17) is 9.57 Å². The van der Waals surface area contributed by atoms with E-state index < -0.39 is 23.3 Å². The molecule has 9 nitrogen and oxygen atoms in total. The number of alkyl halides is 3. The Kier molecular flexibility index (Phi) is 8.47. The summed E-state index contributed by atoms with van der Waals surface area (Å²) in [5, 5.41) is 1.59. The van der Waals surface area contributed by atoms with Gasteiger partial charge in [-0.2, -0.15) is 13.2 Å². The molecule has 12 heteroatoms. The summed E-state index contributed by atoms with van der Waals surface area (Å²) in [6.07, 6.45) is -3.00. The number of hydrogen-bond donors (Lipinski definition) is 1. The second-order valence-corrected chi connectivity index (χ2v) is 11.9. The molecular formula is C30H36F3N5O4. The molecule has 0 radical (unpaired) electrons. The molecule has 2 fully saturated rings. The number of piperazine rings is 1. The van der Waals surface area contributed by atoms with Crippen LogP contribution in [0.5, 0.6) is 0 Å². The monoisotopic (exact) mass is 587 g/mol. The second kappa shape index (κ2) is 11.9. The van der Waals surface area contributed by atoms with Gasteiger partial charge in [0.25, 0.3) is 0 Å². The van der Waals surface area contributed by atoms with Crippen molar-refractivity contribution in [2.45, 2.75) is 57.9 Å². The van der Waals surface area contributed by atoms with Gasteiger partial charge in [-0.05, 0) is 74.9 Å². The zero-order chi connectivity index (χ0) is 30.1. The fraction of sp³-hybridized carbons (Fsp3) is 0.500. The molecule has 0 saturated carbocycles. The Morgan fingerprint density at radius 2 is 1.62 bits per heavy atom. The Balaban J connectivity index is 1.11. The number of amides is 1. The third-order valence-corrected chi connectivity index (χ3v) is 7.55. The molecule has 1 amide bonds. The minimum absolute atomic E-state index is 0.120. The molecule has 0 atom stereocenters. The van der Waals surface area contributed by atoms with Crippen molar-refractivity contribution in [3.63, 3.8) is 0 Å². The molecule has 5 rings (SSSR count). The van der Waals surface area contributed by atoms with Crippen LogP contribution in [0.2, 0.25) is 0 Å². The number of carbonyl (C=O) groups excluding carboxylic acids is 2. The average Bonchev–Trinajstić information content (AvgIpc) is 3.37. The van der Waals surface area contributed by atoms with Gasteiger partial charge in [0.05, 0.1) is 16.6 Å². The Hall–Kier alpha value is -3.64. The number of piperidine rings is 1. The third kappa shape index (κ3) is 7.40. The lowest BCUT2D eigenvalue weighted by molar-refractivity contribution is -0.137. The van der Waals surface area contributed by atoms with Crippen molar-refractivity contribution >= 4 is 23.1 Å². The Bertz CT molecular complexity index is 1400. The molecule has 2 saturated heterocycles. The summed E-state index contributed by atoms with van der Waals surface area (Å²) in [6.45, 7) is 9.48. The van der Waals surface area contributed by atoms with Crippen LogP contribution < -0.4 is 0 Å². The molecule has 2 aliphatic rings. The number of nitrogens with one attached hydrogen (secondary N) is 1. The van der Waals surface area contributed by atoms with Crippen molar-refractivity contribution in [3.8, 4) is 0 Å². The number of fused-ring (bicyclic) bond motifs is 1. The molecule has 3 heterocycles. The molecule has 0 unspecified atom stereocenters. The van der Waals surface area contributed by atoms with Crippen LogP contribution in [-0.2, 0) is 22.3 Å². The van der Waals surface area contributed by atoms with Crippen molar-refractivity contribution in [2.75, 3.05) is 39.3 Å². The summed E-state index contributed by atoms with van der Waals surface area (Å²) < 4.78 is 43.9. The molecule has 2 aliphatic heterocycles. The predicted molar refractivity (Wildman–Crippen MR) is 150 cm³/mol. The zero-order valence-corrected chi connectivity index (χ0v) is 24.0. The first-order valence-electron chi connectivity index (χ1n) is 14.2. The lowest BCUT2D eigenvalue weighted by Gasteiger charge is -2.33. The van der Waals surface area contributed by atoms with Gasteiger partial charge in [-0.25, -0.2) is 14.6 Å². The van der Waals surface area contributed by atoms with Crippen molar-refractivity contribution < 1.29 is 32.3 Å². The molecule has 2 aromatic carbocycles. The number of nitrogens with zero attached hydrogens (tertiary/aromatic N) is 4. The summed E-state index contributed by atoms with van der Waals surface area (Å²) in [4.78, 5) is 42.1. The molecule has 226 valence electrons. The number of ether oxygens (including phenoxy) is 1. The van der Waals surface area contributed by atoms with Gasteiger partial charge >= 0.3 is 18.2 Å². The van der Waals surface area contributed by atoms with Gasteiger partial charge in [-0.3, -0.25) is 4.90 Å². The van der Waals surface area contributed by atoms with E-state index in [0.717, 1.165) is 41.6 Å². The van der Waals surface area contributed by atoms with Crippen LogP contribution in [0.15, 0.2) is 42.5 Å². The van der Waals surface area contributed by atoms with Crippen molar-refractivity contribution in [1.82, 2.24) is 24.8 Å². The third-order valence-electron chi connectivity index (χ3n) is 7.55. The van der Waals surface area contributed by atoms with Crippen LogP contribution in [0.25, 0.3) is 11.0 Å². The van der Waals surface area contributed by atoms with Gasteiger partial charge in [0, 0.05) is 45.8 Å². The maximum atomic E-state index is 12.8.